The van der Waals surface area contributed by atoms with Crippen molar-refractivity contribution >= 4 is 11.8 Å². The summed E-state index contributed by atoms with van der Waals surface area (Å²) in [6.45, 7) is 6.86. The van der Waals surface area contributed by atoms with E-state index >= 15 is 0 Å². The van der Waals surface area contributed by atoms with Crippen LogP contribution in [0.5, 0.6) is 0 Å². The van der Waals surface area contributed by atoms with E-state index in [2.05, 4.69) is 17.1 Å². The number of amides is 2. The van der Waals surface area contributed by atoms with Crippen molar-refractivity contribution in [3.05, 3.63) is 0 Å². The van der Waals surface area contributed by atoms with Crippen LogP contribution in [0, 0.1) is 0 Å². The second-order valence-electron chi connectivity index (χ2n) is 4.18. The Morgan fingerprint density at radius 3 is 2.41 bits per heavy atom. The summed E-state index contributed by atoms with van der Waals surface area (Å²) < 4.78 is 0. The molecule has 0 aromatic carbocycles. The summed E-state index contributed by atoms with van der Waals surface area (Å²) in [5.41, 5.74) is 5.26. The lowest BCUT2D eigenvalue weighted by atomic mass is 10.3. The van der Waals surface area contributed by atoms with Crippen LogP contribution in [-0.2, 0) is 9.59 Å². The highest BCUT2D eigenvalue weighted by atomic mass is 16.2. The average molecular weight is 242 g/mol. The summed E-state index contributed by atoms with van der Waals surface area (Å²) in [5.74, 6) is -0.978. The molecule has 1 heterocycles. The van der Waals surface area contributed by atoms with E-state index in [0.29, 0.717) is 26.2 Å². The van der Waals surface area contributed by atoms with Gasteiger partial charge in [0.15, 0.2) is 0 Å². The van der Waals surface area contributed by atoms with Crippen LogP contribution in [0.3, 0.4) is 0 Å². The first kappa shape index (κ1) is 13.9. The maximum atomic E-state index is 11.7. The van der Waals surface area contributed by atoms with Crippen LogP contribution in [-0.4, -0.2) is 67.4 Å². The van der Waals surface area contributed by atoms with E-state index in [4.69, 9.17) is 5.73 Å². The fraction of sp³-hybridized carbons (Fsp3) is 0.818. The summed E-state index contributed by atoms with van der Waals surface area (Å²) in [6.07, 6.45) is 1.12. The van der Waals surface area contributed by atoms with Gasteiger partial charge in [0, 0.05) is 39.3 Å². The van der Waals surface area contributed by atoms with Crippen LogP contribution in [0.25, 0.3) is 0 Å². The molecule has 3 N–H and O–H groups in total. The highest BCUT2D eigenvalue weighted by Crippen LogP contribution is 2.02. The monoisotopic (exact) mass is 242 g/mol. The van der Waals surface area contributed by atoms with Crippen molar-refractivity contribution in [3.63, 3.8) is 0 Å². The number of nitrogens with two attached hydrogens (primary N) is 1. The molecule has 98 valence electrons. The Morgan fingerprint density at radius 1 is 1.24 bits per heavy atom. The Balaban J connectivity index is 2.32. The van der Waals surface area contributed by atoms with Crippen molar-refractivity contribution < 1.29 is 9.59 Å². The first-order valence-electron chi connectivity index (χ1n) is 6.18. The van der Waals surface area contributed by atoms with Gasteiger partial charge in [-0.1, -0.05) is 6.92 Å². The minimum Gasteiger partial charge on any atom is -0.347 e. The zero-order chi connectivity index (χ0) is 12.7. The Morgan fingerprint density at radius 2 is 1.88 bits per heavy atom. The van der Waals surface area contributed by atoms with Gasteiger partial charge < -0.3 is 16.0 Å². The van der Waals surface area contributed by atoms with E-state index in [1.165, 1.54) is 0 Å². The highest BCUT2D eigenvalue weighted by Gasteiger charge is 2.25. The zero-order valence-electron chi connectivity index (χ0n) is 10.4. The lowest BCUT2D eigenvalue weighted by Crippen LogP contribution is -2.53. The molecule has 0 spiro atoms. The molecule has 0 bridgehead atoms. The van der Waals surface area contributed by atoms with Crippen LogP contribution in [0.4, 0.5) is 0 Å². The second kappa shape index (κ2) is 7.24. The number of hydrogen-bond donors (Lipinski definition) is 2. The molecule has 17 heavy (non-hydrogen) atoms. The van der Waals surface area contributed by atoms with Gasteiger partial charge in [-0.15, -0.1) is 0 Å². The second-order valence-corrected chi connectivity index (χ2v) is 4.18. The molecule has 6 nitrogen and oxygen atoms in total. The Kier molecular flexibility index (Phi) is 5.93. The summed E-state index contributed by atoms with van der Waals surface area (Å²) >= 11 is 0. The first-order valence-corrected chi connectivity index (χ1v) is 6.18. The Hall–Kier alpha value is -1.14. The van der Waals surface area contributed by atoms with Crippen molar-refractivity contribution in [3.8, 4) is 0 Å². The molecule has 1 saturated heterocycles. The zero-order valence-corrected chi connectivity index (χ0v) is 10.4. The van der Waals surface area contributed by atoms with Gasteiger partial charge in [-0.05, 0) is 13.0 Å². The number of piperazine rings is 1. The predicted octanol–water partition coefficient (Wildman–Crippen LogP) is -1.38. The molecule has 6 heteroatoms. The molecule has 1 aliphatic rings. The largest absolute Gasteiger partial charge is 0.347 e. The maximum Gasteiger partial charge on any atom is 0.311 e. The van der Waals surface area contributed by atoms with Gasteiger partial charge in [-0.25, -0.2) is 0 Å². The summed E-state index contributed by atoms with van der Waals surface area (Å²) in [4.78, 5) is 27.1. The van der Waals surface area contributed by atoms with Crippen molar-refractivity contribution in [2.75, 3.05) is 45.8 Å². The van der Waals surface area contributed by atoms with E-state index < -0.39 is 11.8 Å². The predicted molar refractivity (Wildman–Crippen MR) is 65.4 cm³/mol. The van der Waals surface area contributed by atoms with Crippen LogP contribution in [0.15, 0.2) is 0 Å². The van der Waals surface area contributed by atoms with Gasteiger partial charge in [0.25, 0.3) is 0 Å². The van der Waals surface area contributed by atoms with E-state index in [0.717, 1.165) is 26.1 Å². The quantitative estimate of drug-likeness (QED) is 0.595. The molecule has 0 atom stereocenters. The fourth-order valence-electron chi connectivity index (χ4n) is 1.90. The van der Waals surface area contributed by atoms with Crippen molar-refractivity contribution in [1.82, 2.24) is 15.1 Å². The summed E-state index contributed by atoms with van der Waals surface area (Å²) in [6, 6.07) is 0. The van der Waals surface area contributed by atoms with Gasteiger partial charge in [-0.3, -0.25) is 14.5 Å². The Labute approximate surface area is 102 Å². The molecule has 0 aromatic heterocycles. The van der Waals surface area contributed by atoms with E-state index in [1.54, 1.807) is 4.90 Å². The molecule has 1 rings (SSSR count). The molecular weight excluding hydrogens is 220 g/mol. The molecule has 0 saturated carbocycles. The lowest BCUT2D eigenvalue weighted by molar-refractivity contribution is -0.146. The van der Waals surface area contributed by atoms with Gasteiger partial charge in [0.1, 0.15) is 0 Å². The molecule has 0 aliphatic carbocycles. The van der Waals surface area contributed by atoms with Gasteiger partial charge in [0.05, 0.1) is 0 Å². The summed E-state index contributed by atoms with van der Waals surface area (Å²) in [7, 11) is 0. The molecule has 1 aliphatic heterocycles. The van der Waals surface area contributed by atoms with Gasteiger partial charge in [0.2, 0.25) is 0 Å². The number of nitrogens with one attached hydrogen (secondary N) is 1. The third-order valence-electron chi connectivity index (χ3n) is 2.82. The molecule has 0 radical (unpaired) electrons. The third kappa shape index (κ3) is 4.32. The number of hydrogen-bond acceptors (Lipinski definition) is 4. The molecular formula is C11H22N4O2. The van der Waals surface area contributed by atoms with Gasteiger partial charge in [-0.2, -0.15) is 0 Å². The number of carbonyl (C=O) groups is 2. The van der Waals surface area contributed by atoms with E-state index in [-0.39, 0.29) is 0 Å². The van der Waals surface area contributed by atoms with Crippen LogP contribution >= 0.6 is 0 Å². The van der Waals surface area contributed by atoms with E-state index in [1.807, 2.05) is 0 Å². The smallest absolute Gasteiger partial charge is 0.311 e. The Bertz CT molecular complexity index is 262. The molecule has 0 aromatic rings. The standard InChI is InChI=1S/C11H22N4O2/c1-2-5-14-6-8-15(9-7-14)11(17)10(16)13-4-3-12/h2-9,12H2,1H3,(H,13,16). The third-order valence-corrected chi connectivity index (χ3v) is 2.82. The van der Waals surface area contributed by atoms with Crippen LogP contribution in [0.2, 0.25) is 0 Å². The van der Waals surface area contributed by atoms with Crippen molar-refractivity contribution in [1.29, 1.82) is 0 Å². The SMILES string of the molecule is CCCN1CCN(C(=O)C(=O)NCCN)CC1. The normalized spacial score (nSPS) is 16.9. The fourth-order valence-corrected chi connectivity index (χ4v) is 1.90. The van der Waals surface area contributed by atoms with Crippen LogP contribution in [0.1, 0.15) is 13.3 Å². The topological polar surface area (TPSA) is 78.7 Å². The minimum absolute atomic E-state index is 0.348. The highest BCUT2D eigenvalue weighted by molar-refractivity contribution is 6.35. The molecule has 0 unspecified atom stereocenters. The van der Waals surface area contributed by atoms with Gasteiger partial charge >= 0.3 is 11.8 Å². The number of carbonyl (C=O) groups excluding carboxylic acids is 2. The maximum absolute atomic E-state index is 11.7. The van der Waals surface area contributed by atoms with Crippen molar-refractivity contribution in [2.45, 2.75) is 13.3 Å². The lowest BCUT2D eigenvalue weighted by Gasteiger charge is -2.34. The molecule has 1 fully saturated rings. The van der Waals surface area contributed by atoms with E-state index in [9.17, 15) is 9.59 Å². The summed E-state index contributed by atoms with van der Waals surface area (Å²) in [5, 5.41) is 2.50. The molecule has 2 amide bonds. The number of rotatable bonds is 4. The number of nitrogens with zero attached hydrogens (tertiary/aromatic N) is 2. The minimum atomic E-state index is -0.542. The van der Waals surface area contributed by atoms with Crippen molar-refractivity contribution in [2.24, 2.45) is 5.73 Å². The average Bonchev–Trinajstić information content (AvgIpc) is 2.36. The van der Waals surface area contributed by atoms with Crippen LogP contribution < -0.4 is 11.1 Å². The first-order chi connectivity index (χ1) is 8.19.